The second-order valence-corrected chi connectivity index (χ2v) is 15.6. The molecule has 60 heavy (non-hydrogen) atoms. The summed E-state index contributed by atoms with van der Waals surface area (Å²) < 4.78 is 6.66. The van der Waals surface area contributed by atoms with Crippen LogP contribution >= 0.6 is 0 Å². The molecule has 0 unspecified atom stereocenters. The Morgan fingerprint density at radius 3 is 1.67 bits per heavy atom. The van der Waals surface area contributed by atoms with Gasteiger partial charge < -0.3 is 4.42 Å². The molecule has 0 fully saturated rings. The molecule has 0 N–H and O–H groups in total. The van der Waals surface area contributed by atoms with Crippen molar-refractivity contribution >= 4 is 32.7 Å². The van der Waals surface area contributed by atoms with Gasteiger partial charge in [0.25, 0.3) is 0 Å². The van der Waals surface area contributed by atoms with E-state index in [1.807, 2.05) is 12.1 Å². The summed E-state index contributed by atoms with van der Waals surface area (Å²) in [6.07, 6.45) is 0. The van der Waals surface area contributed by atoms with Crippen LogP contribution in [0.3, 0.4) is 0 Å². The molecule has 280 valence electrons. The molecule has 0 spiro atoms. The quantitative estimate of drug-likeness (QED) is 0.169. The largest absolute Gasteiger partial charge is 0.455 e. The lowest BCUT2D eigenvalue weighted by Crippen LogP contribution is -2.28. The SMILES string of the molecule is c1ccc(C2(c3ccccc3)c3ccccc3-c3c(-c4nc(-c5ccccc5-c5cccc6ccccc56)cc(-c5cccc6c5oc5ccccc56)n4)cccc32)cc1. The summed E-state index contributed by atoms with van der Waals surface area (Å²) in [5.74, 6) is 0.659. The van der Waals surface area contributed by atoms with Gasteiger partial charge in [-0.2, -0.15) is 0 Å². The van der Waals surface area contributed by atoms with Gasteiger partial charge in [-0.1, -0.05) is 200 Å². The minimum atomic E-state index is -0.550. The zero-order chi connectivity index (χ0) is 39.6. The molecule has 2 aromatic heterocycles. The Labute approximate surface area is 347 Å². The molecule has 3 heteroatoms. The van der Waals surface area contributed by atoms with Crippen LogP contribution in [0.4, 0.5) is 0 Å². The summed E-state index contributed by atoms with van der Waals surface area (Å²) in [4.78, 5) is 11.1. The third kappa shape index (κ3) is 5.09. The van der Waals surface area contributed by atoms with E-state index in [1.54, 1.807) is 0 Å². The van der Waals surface area contributed by atoms with Gasteiger partial charge in [0.1, 0.15) is 11.2 Å². The molecule has 0 saturated carbocycles. The van der Waals surface area contributed by atoms with Gasteiger partial charge in [0.2, 0.25) is 0 Å². The van der Waals surface area contributed by atoms with Crippen LogP contribution in [-0.4, -0.2) is 9.97 Å². The van der Waals surface area contributed by atoms with Crippen LogP contribution in [0, 0.1) is 0 Å². The standard InChI is InChI=1S/C57H36N2O/c1-3-20-38(21-4-1)57(39-22-5-2-6-23-39)49-33-13-11-28-46(49)54-48(32-17-34-50(54)57)56-58-51(43-26-10-9-25-42(43)41-29-15-19-37-18-7-8-24-40(37)41)36-52(59-56)47-31-16-30-45-44-27-12-14-35-53(44)60-55(45)47/h1-36H. The number of rotatable bonds is 6. The monoisotopic (exact) mass is 764 g/mol. The zero-order valence-electron chi connectivity index (χ0n) is 32.6. The third-order valence-electron chi connectivity index (χ3n) is 12.4. The normalized spacial score (nSPS) is 12.8. The fraction of sp³-hybridized carbons (Fsp3) is 0.0175. The summed E-state index contributed by atoms with van der Waals surface area (Å²) in [5, 5.41) is 4.54. The molecule has 9 aromatic carbocycles. The number of benzene rings is 9. The second-order valence-electron chi connectivity index (χ2n) is 15.6. The molecule has 0 bridgehead atoms. The molecule has 0 aliphatic heterocycles. The maximum Gasteiger partial charge on any atom is 0.161 e. The van der Waals surface area contributed by atoms with Crippen LogP contribution in [0.25, 0.3) is 88.9 Å². The summed E-state index contributed by atoms with van der Waals surface area (Å²) in [6.45, 7) is 0. The van der Waals surface area contributed by atoms with Gasteiger partial charge in [-0.25, -0.2) is 9.97 Å². The number of fused-ring (bicyclic) bond motifs is 7. The maximum absolute atomic E-state index is 6.66. The number of aromatic nitrogens is 2. The Kier molecular flexibility index (Phi) is 7.76. The average Bonchev–Trinajstić information content (AvgIpc) is 3.86. The van der Waals surface area contributed by atoms with Crippen molar-refractivity contribution in [1.29, 1.82) is 0 Å². The highest BCUT2D eigenvalue weighted by Crippen LogP contribution is 2.58. The molecular formula is C57H36N2O. The van der Waals surface area contributed by atoms with Crippen LogP contribution in [0.2, 0.25) is 0 Å². The first-order valence-electron chi connectivity index (χ1n) is 20.5. The first-order chi connectivity index (χ1) is 29.8. The molecule has 1 aliphatic rings. The van der Waals surface area contributed by atoms with Crippen molar-refractivity contribution in [2.24, 2.45) is 0 Å². The highest BCUT2D eigenvalue weighted by atomic mass is 16.3. The van der Waals surface area contributed by atoms with Crippen molar-refractivity contribution in [2.75, 3.05) is 0 Å². The number of furan rings is 1. The van der Waals surface area contributed by atoms with Crippen LogP contribution < -0.4 is 0 Å². The summed E-state index contributed by atoms with van der Waals surface area (Å²) in [5.41, 5.74) is 15.2. The molecule has 2 heterocycles. The molecule has 0 radical (unpaired) electrons. The number of hydrogen-bond donors (Lipinski definition) is 0. The van der Waals surface area contributed by atoms with E-state index in [0.29, 0.717) is 5.82 Å². The van der Waals surface area contributed by atoms with Crippen molar-refractivity contribution in [2.45, 2.75) is 5.41 Å². The van der Waals surface area contributed by atoms with Gasteiger partial charge in [-0.3, -0.25) is 0 Å². The smallest absolute Gasteiger partial charge is 0.161 e. The Bertz CT molecular complexity index is 3390. The number of nitrogens with zero attached hydrogens (tertiary/aromatic N) is 2. The van der Waals surface area contributed by atoms with Crippen LogP contribution in [0.15, 0.2) is 223 Å². The van der Waals surface area contributed by atoms with E-state index in [4.69, 9.17) is 14.4 Å². The summed E-state index contributed by atoms with van der Waals surface area (Å²) >= 11 is 0. The lowest BCUT2D eigenvalue weighted by molar-refractivity contribution is 0.670. The third-order valence-corrected chi connectivity index (χ3v) is 12.4. The van der Waals surface area contributed by atoms with Crippen molar-refractivity contribution < 1.29 is 4.42 Å². The molecular weight excluding hydrogens is 729 g/mol. The highest BCUT2D eigenvalue weighted by Gasteiger charge is 2.47. The van der Waals surface area contributed by atoms with E-state index in [2.05, 4.69) is 206 Å². The fourth-order valence-electron chi connectivity index (χ4n) is 9.87. The lowest BCUT2D eigenvalue weighted by atomic mass is 9.67. The van der Waals surface area contributed by atoms with Crippen LogP contribution in [0.1, 0.15) is 22.3 Å². The van der Waals surface area contributed by atoms with E-state index in [0.717, 1.165) is 66.7 Å². The minimum Gasteiger partial charge on any atom is -0.455 e. The van der Waals surface area contributed by atoms with Crippen molar-refractivity contribution in [3.8, 4) is 56.2 Å². The minimum absolute atomic E-state index is 0.550. The first kappa shape index (κ1) is 34.2. The zero-order valence-corrected chi connectivity index (χ0v) is 32.6. The van der Waals surface area contributed by atoms with E-state index < -0.39 is 5.41 Å². The summed E-state index contributed by atoms with van der Waals surface area (Å²) in [6, 6.07) is 77.9. The van der Waals surface area contributed by atoms with Gasteiger partial charge >= 0.3 is 0 Å². The lowest BCUT2D eigenvalue weighted by Gasteiger charge is -2.33. The van der Waals surface area contributed by atoms with Crippen molar-refractivity contribution in [3.63, 3.8) is 0 Å². The second kappa shape index (κ2) is 13.6. The fourth-order valence-corrected chi connectivity index (χ4v) is 9.87. The van der Waals surface area contributed by atoms with E-state index in [1.165, 1.54) is 38.6 Å². The number of para-hydroxylation sites is 2. The van der Waals surface area contributed by atoms with Gasteiger partial charge in [0.05, 0.1) is 16.8 Å². The van der Waals surface area contributed by atoms with Crippen molar-refractivity contribution in [1.82, 2.24) is 9.97 Å². The predicted molar refractivity (Wildman–Crippen MR) is 246 cm³/mol. The van der Waals surface area contributed by atoms with Crippen LogP contribution in [-0.2, 0) is 5.41 Å². The van der Waals surface area contributed by atoms with E-state index >= 15 is 0 Å². The van der Waals surface area contributed by atoms with E-state index in [9.17, 15) is 0 Å². The molecule has 1 aliphatic carbocycles. The Hall–Kier alpha value is -7.88. The Morgan fingerprint density at radius 1 is 0.350 bits per heavy atom. The van der Waals surface area contributed by atoms with Crippen molar-refractivity contribution in [3.05, 3.63) is 241 Å². The molecule has 12 rings (SSSR count). The number of hydrogen-bond acceptors (Lipinski definition) is 3. The Morgan fingerprint density at radius 2 is 0.867 bits per heavy atom. The maximum atomic E-state index is 6.66. The van der Waals surface area contributed by atoms with Crippen LogP contribution in [0.5, 0.6) is 0 Å². The highest BCUT2D eigenvalue weighted by molar-refractivity contribution is 6.09. The molecule has 0 saturated heterocycles. The Balaban J connectivity index is 1.16. The molecule has 0 amide bonds. The average molecular weight is 765 g/mol. The van der Waals surface area contributed by atoms with E-state index in [-0.39, 0.29) is 0 Å². The van der Waals surface area contributed by atoms with Gasteiger partial charge in [0, 0.05) is 27.5 Å². The predicted octanol–water partition coefficient (Wildman–Crippen LogP) is 14.6. The van der Waals surface area contributed by atoms with Gasteiger partial charge in [-0.05, 0) is 73.5 Å². The molecule has 11 aromatic rings. The van der Waals surface area contributed by atoms with Gasteiger partial charge in [0.15, 0.2) is 5.82 Å². The topological polar surface area (TPSA) is 38.9 Å². The first-order valence-corrected chi connectivity index (χ1v) is 20.5. The molecule has 0 atom stereocenters. The van der Waals surface area contributed by atoms with Gasteiger partial charge in [-0.15, -0.1) is 0 Å². The summed E-state index contributed by atoms with van der Waals surface area (Å²) in [7, 11) is 0. The molecule has 3 nitrogen and oxygen atoms in total.